The highest BCUT2D eigenvalue weighted by Crippen LogP contribution is 2.14. The predicted molar refractivity (Wildman–Crippen MR) is 68.7 cm³/mol. The molecule has 0 radical (unpaired) electrons. The van der Waals surface area contributed by atoms with E-state index in [0.29, 0.717) is 5.15 Å². The molecule has 4 heteroatoms. The average Bonchev–Trinajstić information content (AvgIpc) is 2.33. The van der Waals surface area contributed by atoms with Gasteiger partial charge in [-0.1, -0.05) is 23.7 Å². The first-order valence-corrected chi connectivity index (χ1v) is 5.81. The molecular formula is C13H14ClN3. The van der Waals surface area contributed by atoms with E-state index in [1.165, 1.54) is 0 Å². The molecule has 0 fully saturated rings. The number of halogens is 1. The molecule has 2 heterocycles. The second-order valence-electron chi connectivity index (χ2n) is 3.95. The molecule has 0 atom stereocenters. The van der Waals surface area contributed by atoms with Crippen molar-refractivity contribution in [2.24, 2.45) is 0 Å². The van der Waals surface area contributed by atoms with Gasteiger partial charge >= 0.3 is 0 Å². The number of hydrogen-bond donors (Lipinski definition) is 0. The Labute approximate surface area is 106 Å². The van der Waals surface area contributed by atoms with Crippen molar-refractivity contribution in [3.05, 3.63) is 59.1 Å². The molecule has 88 valence electrons. The molecule has 0 amide bonds. The van der Waals surface area contributed by atoms with Crippen LogP contribution in [0.15, 0.2) is 42.7 Å². The van der Waals surface area contributed by atoms with Crippen LogP contribution in [0.2, 0.25) is 5.15 Å². The SMILES string of the molecule is CN(Cc1ccccn1)Cc1cccnc1Cl. The zero-order chi connectivity index (χ0) is 12.1. The third-order valence-corrected chi connectivity index (χ3v) is 2.77. The molecule has 0 aliphatic heterocycles. The quantitative estimate of drug-likeness (QED) is 0.778. The third-order valence-electron chi connectivity index (χ3n) is 2.43. The molecule has 2 aromatic rings. The first kappa shape index (κ1) is 12.0. The van der Waals surface area contributed by atoms with E-state index in [-0.39, 0.29) is 0 Å². The Kier molecular flexibility index (Phi) is 4.07. The second-order valence-corrected chi connectivity index (χ2v) is 4.30. The monoisotopic (exact) mass is 247 g/mol. The first-order chi connectivity index (χ1) is 8.25. The van der Waals surface area contributed by atoms with Crippen LogP contribution in [0.5, 0.6) is 0 Å². The number of rotatable bonds is 4. The van der Waals surface area contributed by atoms with Crippen molar-refractivity contribution in [1.29, 1.82) is 0 Å². The van der Waals surface area contributed by atoms with E-state index < -0.39 is 0 Å². The lowest BCUT2D eigenvalue weighted by molar-refractivity contribution is 0.315. The maximum absolute atomic E-state index is 6.02. The van der Waals surface area contributed by atoms with E-state index in [4.69, 9.17) is 11.6 Å². The highest BCUT2D eigenvalue weighted by Gasteiger charge is 2.05. The van der Waals surface area contributed by atoms with Gasteiger partial charge in [-0.15, -0.1) is 0 Å². The van der Waals surface area contributed by atoms with Gasteiger partial charge in [-0.05, 0) is 25.2 Å². The summed E-state index contributed by atoms with van der Waals surface area (Å²) in [5.74, 6) is 0. The molecule has 0 unspecified atom stereocenters. The largest absolute Gasteiger partial charge is 0.296 e. The predicted octanol–water partition coefficient (Wildman–Crippen LogP) is 2.76. The molecule has 3 nitrogen and oxygen atoms in total. The summed E-state index contributed by atoms with van der Waals surface area (Å²) in [4.78, 5) is 10.5. The summed E-state index contributed by atoms with van der Waals surface area (Å²) in [6.45, 7) is 1.56. The van der Waals surface area contributed by atoms with E-state index in [1.807, 2.05) is 37.4 Å². The average molecular weight is 248 g/mol. The molecule has 0 saturated heterocycles. The Hall–Kier alpha value is -1.45. The summed E-state index contributed by atoms with van der Waals surface area (Å²) in [5, 5.41) is 0.570. The van der Waals surface area contributed by atoms with E-state index in [2.05, 4.69) is 14.9 Å². The van der Waals surface area contributed by atoms with E-state index in [0.717, 1.165) is 24.3 Å². The summed E-state index contributed by atoms with van der Waals surface area (Å²) in [7, 11) is 2.04. The van der Waals surface area contributed by atoms with Gasteiger partial charge in [0, 0.05) is 31.0 Å². The fourth-order valence-electron chi connectivity index (χ4n) is 1.65. The van der Waals surface area contributed by atoms with E-state index >= 15 is 0 Å². The highest BCUT2D eigenvalue weighted by molar-refractivity contribution is 6.30. The molecule has 0 spiro atoms. The molecule has 0 aliphatic rings. The molecule has 0 aromatic carbocycles. The Balaban J connectivity index is 1.98. The van der Waals surface area contributed by atoms with Crippen molar-refractivity contribution in [2.45, 2.75) is 13.1 Å². The van der Waals surface area contributed by atoms with Gasteiger partial charge in [0.1, 0.15) is 5.15 Å². The standard InChI is InChI=1S/C13H14ClN3/c1-17(10-12-6-2-3-7-15-12)9-11-5-4-8-16-13(11)14/h2-8H,9-10H2,1H3. The fourth-order valence-corrected chi connectivity index (χ4v) is 1.83. The van der Waals surface area contributed by atoms with Gasteiger partial charge in [0.25, 0.3) is 0 Å². The van der Waals surface area contributed by atoms with Gasteiger partial charge in [-0.3, -0.25) is 9.88 Å². The van der Waals surface area contributed by atoms with Gasteiger partial charge in [-0.25, -0.2) is 4.98 Å². The molecule has 0 aliphatic carbocycles. The molecule has 0 N–H and O–H groups in total. The minimum absolute atomic E-state index is 0.570. The topological polar surface area (TPSA) is 29.0 Å². The zero-order valence-corrected chi connectivity index (χ0v) is 10.4. The lowest BCUT2D eigenvalue weighted by atomic mass is 10.2. The number of pyridine rings is 2. The van der Waals surface area contributed by atoms with Crippen molar-refractivity contribution in [2.75, 3.05) is 7.05 Å². The molecule has 17 heavy (non-hydrogen) atoms. The van der Waals surface area contributed by atoms with Crippen LogP contribution in [-0.4, -0.2) is 21.9 Å². The highest BCUT2D eigenvalue weighted by atomic mass is 35.5. The maximum atomic E-state index is 6.02. The number of nitrogens with zero attached hydrogens (tertiary/aromatic N) is 3. The maximum Gasteiger partial charge on any atom is 0.133 e. The van der Waals surface area contributed by atoms with Crippen molar-refractivity contribution < 1.29 is 0 Å². The van der Waals surface area contributed by atoms with Gasteiger partial charge < -0.3 is 0 Å². The Morgan fingerprint density at radius 2 is 1.88 bits per heavy atom. The summed E-state index contributed by atoms with van der Waals surface area (Å²) >= 11 is 6.02. The van der Waals surface area contributed by atoms with Crippen LogP contribution >= 0.6 is 11.6 Å². The van der Waals surface area contributed by atoms with Crippen molar-refractivity contribution >= 4 is 11.6 Å². The van der Waals surface area contributed by atoms with Crippen LogP contribution in [-0.2, 0) is 13.1 Å². The molecule has 0 bridgehead atoms. The van der Waals surface area contributed by atoms with Crippen molar-refractivity contribution in [3.8, 4) is 0 Å². The number of hydrogen-bond acceptors (Lipinski definition) is 3. The molecular weight excluding hydrogens is 234 g/mol. The van der Waals surface area contributed by atoms with E-state index in [9.17, 15) is 0 Å². The van der Waals surface area contributed by atoms with Crippen molar-refractivity contribution in [1.82, 2.24) is 14.9 Å². The van der Waals surface area contributed by atoms with Crippen molar-refractivity contribution in [3.63, 3.8) is 0 Å². The normalized spacial score (nSPS) is 10.8. The Morgan fingerprint density at radius 1 is 1.06 bits per heavy atom. The lowest BCUT2D eigenvalue weighted by Gasteiger charge is -2.16. The lowest BCUT2D eigenvalue weighted by Crippen LogP contribution is -2.18. The van der Waals surface area contributed by atoms with Gasteiger partial charge in [0.15, 0.2) is 0 Å². The van der Waals surface area contributed by atoms with Crippen LogP contribution in [0.1, 0.15) is 11.3 Å². The van der Waals surface area contributed by atoms with Crippen LogP contribution in [0, 0.1) is 0 Å². The minimum Gasteiger partial charge on any atom is -0.296 e. The summed E-state index contributed by atoms with van der Waals surface area (Å²) in [6, 6.07) is 9.82. The van der Waals surface area contributed by atoms with Crippen LogP contribution in [0.3, 0.4) is 0 Å². The van der Waals surface area contributed by atoms with Crippen LogP contribution < -0.4 is 0 Å². The van der Waals surface area contributed by atoms with E-state index in [1.54, 1.807) is 12.4 Å². The Morgan fingerprint density at radius 3 is 2.59 bits per heavy atom. The van der Waals surface area contributed by atoms with Gasteiger partial charge in [-0.2, -0.15) is 0 Å². The number of aromatic nitrogens is 2. The van der Waals surface area contributed by atoms with Crippen LogP contribution in [0.25, 0.3) is 0 Å². The summed E-state index contributed by atoms with van der Waals surface area (Å²) in [5.41, 5.74) is 2.09. The van der Waals surface area contributed by atoms with Gasteiger partial charge in [0.2, 0.25) is 0 Å². The Bertz CT molecular complexity index is 473. The summed E-state index contributed by atoms with van der Waals surface area (Å²) < 4.78 is 0. The second kappa shape index (κ2) is 5.75. The fraction of sp³-hybridized carbons (Fsp3) is 0.231. The zero-order valence-electron chi connectivity index (χ0n) is 9.68. The first-order valence-electron chi connectivity index (χ1n) is 5.43. The molecule has 0 saturated carbocycles. The third kappa shape index (κ3) is 3.51. The molecule has 2 rings (SSSR count). The smallest absolute Gasteiger partial charge is 0.133 e. The molecule has 2 aromatic heterocycles. The minimum atomic E-state index is 0.570. The van der Waals surface area contributed by atoms with Crippen LogP contribution in [0.4, 0.5) is 0 Å². The summed E-state index contributed by atoms with van der Waals surface area (Å²) in [6.07, 6.45) is 3.50. The van der Waals surface area contributed by atoms with Gasteiger partial charge in [0.05, 0.1) is 5.69 Å².